The number of amides is 1. The summed E-state index contributed by atoms with van der Waals surface area (Å²) in [6.45, 7) is 8.33. The molecule has 0 radical (unpaired) electrons. The van der Waals surface area contributed by atoms with Gasteiger partial charge >= 0.3 is 0 Å². The van der Waals surface area contributed by atoms with Crippen molar-refractivity contribution in [2.75, 3.05) is 0 Å². The van der Waals surface area contributed by atoms with Crippen LogP contribution in [0.15, 0.2) is 61.2 Å². The molecule has 1 aliphatic carbocycles. The molecule has 2 aromatic carbocycles. The summed E-state index contributed by atoms with van der Waals surface area (Å²) in [6, 6.07) is 15.5. The van der Waals surface area contributed by atoms with Crippen molar-refractivity contribution in [1.82, 2.24) is 4.90 Å². The molecule has 2 aromatic rings. The molecule has 1 aliphatic heterocycles. The Kier molecular flexibility index (Phi) is 8.11. The minimum Gasteiger partial charge on any atom is -0.358 e. The highest BCUT2D eigenvalue weighted by Crippen LogP contribution is 2.48. The van der Waals surface area contributed by atoms with Crippen LogP contribution in [0.5, 0.6) is 0 Å². The van der Waals surface area contributed by atoms with Crippen molar-refractivity contribution < 1.29 is 9.53 Å². The molecule has 5 atom stereocenters. The maximum absolute atomic E-state index is 13.9. The van der Waals surface area contributed by atoms with Crippen molar-refractivity contribution in [3.8, 4) is 0 Å². The third kappa shape index (κ3) is 5.45. The van der Waals surface area contributed by atoms with Crippen LogP contribution >= 0.6 is 35.0 Å². The Hall–Kier alpha value is -1.46. The Morgan fingerprint density at radius 3 is 2.55 bits per heavy atom. The first-order valence-corrected chi connectivity index (χ1v) is 13.3. The van der Waals surface area contributed by atoms with E-state index >= 15 is 0 Å². The Labute approximate surface area is 211 Å². The second kappa shape index (κ2) is 10.9. The molecule has 4 rings (SSSR count). The van der Waals surface area contributed by atoms with Gasteiger partial charge in [0, 0.05) is 27.8 Å². The van der Waals surface area contributed by atoms with Gasteiger partial charge in [-0.1, -0.05) is 73.8 Å². The van der Waals surface area contributed by atoms with Gasteiger partial charge in [-0.3, -0.25) is 4.79 Å². The van der Waals surface area contributed by atoms with Gasteiger partial charge in [0.15, 0.2) is 0 Å². The average Bonchev–Trinajstić information content (AvgIpc) is 3.22. The number of carbonyl (C=O) groups is 1. The zero-order chi connectivity index (χ0) is 23.5. The zero-order valence-corrected chi connectivity index (χ0v) is 21.5. The fourth-order valence-corrected chi connectivity index (χ4v) is 6.88. The molecule has 176 valence electrons. The van der Waals surface area contributed by atoms with E-state index in [0.717, 1.165) is 30.4 Å². The van der Waals surface area contributed by atoms with Crippen molar-refractivity contribution in [3.63, 3.8) is 0 Å². The maximum Gasteiger partial charge on any atom is 0.252 e. The normalized spacial score (nSPS) is 27.8. The fraction of sp³-hybridized carbons (Fsp3) is 0.444. The molecule has 2 aliphatic rings. The summed E-state index contributed by atoms with van der Waals surface area (Å²) >= 11 is 14.6. The summed E-state index contributed by atoms with van der Waals surface area (Å²) < 4.78 is 6.52. The predicted octanol–water partition coefficient (Wildman–Crippen LogP) is 7.64. The lowest BCUT2D eigenvalue weighted by molar-refractivity contribution is -0.178. The van der Waals surface area contributed by atoms with Gasteiger partial charge in [-0.05, 0) is 53.5 Å². The molecular weight excluding hydrogens is 473 g/mol. The van der Waals surface area contributed by atoms with Crippen LogP contribution in [0.2, 0.25) is 10.0 Å². The van der Waals surface area contributed by atoms with Crippen LogP contribution in [0.4, 0.5) is 0 Å². The van der Waals surface area contributed by atoms with Crippen molar-refractivity contribution >= 4 is 40.9 Å². The van der Waals surface area contributed by atoms with Crippen LogP contribution in [-0.2, 0) is 9.53 Å². The van der Waals surface area contributed by atoms with E-state index in [4.69, 9.17) is 27.9 Å². The van der Waals surface area contributed by atoms with Crippen LogP contribution in [-0.4, -0.2) is 33.5 Å². The summed E-state index contributed by atoms with van der Waals surface area (Å²) in [5.41, 5.74) is 2.00. The quantitative estimate of drug-likeness (QED) is 0.363. The highest BCUT2D eigenvalue weighted by atomic mass is 35.5. The molecule has 1 saturated heterocycles. The van der Waals surface area contributed by atoms with Crippen LogP contribution in [0.3, 0.4) is 0 Å². The zero-order valence-electron chi connectivity index (χ0n) is 19.1. The Morgan fingerprint density at radius 2 is 1.88 bits per heavy atom. The number of morpholine rings is 1. The molecule has 0 aromatic heterocycles. The fourth-order valence-electron chi connectivity index (χ4n) is 5.11. The molecule has 3 nitrogen and oxygen atoms in total. The van der Waals surface area contributed by atoms with E-state index < -0.39 is 6.10 Å². The highest BCUT2D eigenvalue weighted by Gasteiger charge is 2.49. The molecule has 1 heterocycles. The van der Waals surface area contributed by atoms with E-state index in [1.807, 2.05) is 60.3 Å². The Balaban J connectivity index is 1.83. The molecule has 6 heteroatoms. The first kappa shape index (κ1) is 24.7. The van der Waals surface area contributed by atoms with E-state index in [1.165, 1.54) is 0 Å². The number of carbonyl (C=O) groups excluding carboxylic acids is 1. The number of hydrogen-bond acceptors (Lipinski definition) is 3. The maximum atomic E-state index is 13.9. The van der Waals surface area contributed by atoms with Gasteiger partial charge in [-0.2, -0.15) is 11.8 Å². The first-order valence-electron chi connectivity index (χ1n) is 11.6. The molecule has 2 fully saturated rings. The largest absolute Gasteiger partial charge is 0.358 e. The summed E-state index contributed by atoms with van der Waals surface area (Å²) in [7, 11) is 0. The lowest BCUT2D eigenvalue weighted by atomic mass is 9.89. The lowest BCUT2D eigenvalue weighted by Crippen LogP contribution is -2.56. The van der Waals surface area contributed by atoms with Gasteiger partial charge < -0.3 is 9.64 Å². The van der Waals surface area contributed by atoms with Crippen LogP contribution in [0.25, 0.3) is 0 Å². The molecule has 0 N–H and O–H groups in total. The van der Waals surface area contributed by atoms with Gasteiger partial charge in [-0.25, -0.2) is 0 Å². The SMILES string of the molecule is C=CC[C@@H]1O[C@H](c2cccc(Cl)c2)[C@@H](c2ccc(Cl)cc2)N([C@H]2CCC[C@@H]2SC(C)C)C1=O. The Morgan fingerprint density at radius 1 is 1.12 bits per heavy atom. The molecule has 1 amide bonds. The van der Waals surface area contributed by atoms with Gasteiger partial charge in [0.1, 0.15) is 12.2 Å². The average molecular weight is 505 g/mol. The second-order valence-corrected chi connectivity index (χ2v) is 11.8. The number of rotatable bonds is 7. The van der Waals surface area contributed by atoms with Gasteiger partial charge in [-0.15, -0.1) is 6.58 Å². The minimum absolute atomic E-state index is 0.0504. The topological polar surface area (TPSA) is 29.5 Å². The van der Waals surface area contributed by atoms with Crippen LogP contribution in [0.1, 0.15) is 62.8 Å². The van der Waals surface area contributed by atoms with Crippen LogP contribution < -0.4 is 0 Å². The third-order valence-electron chi connectivity index (χ3n) is 6.42. The number of benzene rings is 2. The number of halogens is 2. The Bertz CT molecular complexity index is 980. The number of nitrogens with zero attached hydrogens (tertiary/aromatic N) is 1. The summed E-state index contributed by atoms with van der Waals surface area (Å²) in [6.07, 6.45) is 4.61. The van der Waals surface area contributed by atoms with Crippen molar-refractivity contribution in [2.24, 2.45) is 0 Å². The molecule has 1 saturated carbocycles. The predicted molar refractivity (Wildman–Crippen MR) is 139 cm³/mol. The second-order valence-electron chi connectivity index (χ2n) is 9.09. The number of hydrogen-bond donors (Lipinski definition) is 0. The molecule has 0 unspecified atom stereocenters. The third-order valence-corrected chi connectivity index (χ3v) is 8.35. The van der Waals surface area contributed by atoms with E-state index in [0.29, 0.717) is 27.0 Å². The summed E-state index contributed by atoms with van der Waals surface area (Å²) in [5, 5.41) is 2.25. The van der Waals surface area contributed by atoms with E-state index in [1.54, 1.807) is 6.08 Å². The first-order chi connectivity index (χ1) is 15.9. The summed E-state index contributed by atoms with van der Waals surface area (Å²) in [5.74, 6) is 0.0504. The van der Waals surface area contributed by atoms with Gasteiger partial charge in [0.25, 0.3) is 5.91 Å². The molecule has 0 bridgehead atoms. The van der Waals surface area contributed by atoms with Crippen molar-refractivity contribution in [2.45, 2.75) is 74.3 Å². The smallest absolute Gasteiger partial charge is 0.252 e. The standard InChI is InChI=1S/C27H31Cl2NO2S/c1-4-7-23-27(31)30(22-10-6-11-24(22)33-17(2)3)25(18-12-14-20(28)15-13-18)26(32-23)19-8-5-9-21(29)16-19/h4-5,8-9,12-17,22-26H,1,6-7,10-11H2,2-3H3/t22-,23-,24-,25+,26+/m0/s1. The monoisotopic (exact) mass is 503 g/mol. The van der Waals surface area contributed by atoms with E-state index in [-0.39, 0.29) is 24.1 Å². The lowest BCUT2D eigenvalue weighted by Gasteiger charge is -2.48. The number of thioether (sulfide) groups is 1. The van der Waals surface area contributed by atoms with Crippen molar-refractivity contribution in [1.29, 1.82) is 0 Å². The van der Waals surface area contributed by atoms with Crippen molar-refractivity contribution in [3.05, 3.63) is 82.4 Å². The van der Waals surface area contributed by atoms with E-state index in [9.17, 15) is 4.79 Å². The molecular formula is C27H31Cl2NO2S. The van der Waals surface area contributed by atoms with Gasteiger partial charge in [0.2, 0.25) is 0 Å². The molecule has 0 spiro atoms. The summed E-state index contributed by atoms with van der Waals surface area (Å²) in [4.78, 5) is 16.1. The molecule has 33 heavy (non-hydrogen) atoms. The highest BCUT2D eigenvalue weighted by molar-refractivity contribution is 8.00. The minimum atomic E-state index is -0.555. The van der Waals surface area contributed by atoms with E-state index in [2.05, 4.69) is 25.3 Å². The van der Waals surface area contributed by atoms with Gasteiger partial charge in [0.05, 0.1) is 6.04 Å². The van der Waals surface area contributed by atoms with Crippen LogP contribution in [0, 0.1) is 0 Å². The number of ether oxygens (including phenoxy) is 1.